The first-order chi connectivity index (χ1) is 8.70. The normalized spacial score (nSPS) is 20.0. The summed E-state index contributed by atoms with van der Waals surface area (Å²) in [5, 5.41) is 12.5. The minimum absolute atomic E-state index is 0.0940. The molecule has 1 atom stereocenters. The zero-order chi connectivity index (χ0) is 13.0. The van der Waals surface area contributed by atoms with Crippen LogP contribution in [0.1, 0.15) is 12.8 Å². The van der Waals surface area contributed by atoms with Crippen molar-refractivity contribution in [3.8, 4) is 0 Å². The van der Waals surface area contributed by atoms with Gasteiger partial charge in [0.05, 0.1) is 23.9 Å². The van der Waals surface area contributed by atoms with Gasteiger partial charge in [-0.15, -0.1) is 0 Å². The molecule has 2 N–H and O–H groups in total. The Morgan fingerprint density at radius 1 is 1.50 bits per heavy atom. The molecule has 1 aromatic carbocycles. The average Bonchev–Trinajstić information content (AvgIpc) is 2.79. The summed E-state index contributed by atoms with van der Waals surface area (Å²) in [5.41, 5.74) is 0.629. The minimum Gasteiger partial charge on any atom is -0.395 e. The van der Waals surface area contributed by atoms with Gasteiger partial charge in [0.15, 0.2) is 0 Å². The van der Waals surface area contributed by atoms with Crippen molar-refractivity contribution in [2.75, 3.05) is 25.0 Å². The highest BCUT2D eigenvalue weighted by molar-refractivity contribution is 6.33. The number of benzene rings is 1. The van der Waals surface area contributed by atoms with Crippen LogP contribution in [0.3, 0.4) is 0 Å². The number of hydrogen-bond acceptors (Lipinski definition) is 3. The smallest absolute Gasteiger partial charge is 0.238 e. The number of para-hydroxylation sites is 1. The third-order valence-electron chi connectivity index (χ3n) is 3.20. The number of nitrogens with zero attached hydrogens (tertiary/aromatic N) is 1. The highest BCUT2D eigenvalue weighted by Gasteiger charge is 2.25. The third kappa shape index (κ3) is 3.22. The number of hydrogen-bond donors (Lipinski definition) is 2. The SMILES string of the molecule is O=C(CN1CCCC1CO)Nc1ccccc1Cl. The van der Waals surface area contributed by atoms with Crippen molar-refractivity contribution in [1.82, 2.24) is 4.90 Å². The van der Waals surface area contributed by atoms with Gasteiger partial charge in [-0.3, -0.25) is 9.69 Å². The summed E-state index contributed by atoms with van der Waals surface area (Å²) in [6.45, 7) is 1.27. The topological polar surface area (TPSA) is 52.6 Å². The Balaban J connectivity index is 1.91. The predicted molar refractivity (Wildman–Crippen MR) is 71.8 cm³/mol. The Morgan fingerprint density at radius 2 is 2.28 bits per heavy atom. The van der Waals surface area contributed by atoms with Crippen molar-refractivity contribution < 1.29 is 9.90 Å². The standard InChI is InChI=1S/C13H17ClN2O2/c14-11-5-1-2-6-12(11)15-13(18)8-16-7-3-4-10(16)9-17/h1-2,5-6,10,17H,3-4,7-9H2,(H,15,18). The second-order valence-corrected chi connectivity index (χ2v) is 4.88. The zero-order valence-corrected chi connectivity index (χ0v) is 10.9. The molecule has 0 saturated carbocycles. The van der Waals surface area contributed by atoms with Crippen molar-refractivity contribution in [3.63, 3.8) is 0 Å². The second kappa shape index (κ2) is 6.18. The number of likely N-dealkylation sites (tertiary alicyclic amines) is 1. The maximum absolute atomic E-state index is 11.9. The monoisotopic (exact) mass is 268 g/mol. The molecule has 1 fully saturated rings. The fourth-order valence-corrected chi connectivity index (χ4v) is 2.43. The van der Waals surface area contributed by atoms with Crippen LogP contribution in [-0.2, 0) is 4.79 Å². The van der Waals surface area contributed by atoms with E-state index in [1.54, 1.807) is 12.1 Å². The van der Waals surface area contributed by atoms with Gasteiger partial charge in [0.2, 0.25) is 5.91 Å². The molecule has 0 radical (unpaired) electrons. The molecule has 0 aromatic heterocycles. The molecule has 1 aromatic rings. The molecule has 1 heterocycles. The van der Waals surface area contributed by atoms with Crippen molar-refractivity contribution >= 4 is 23.2 Å². The molecule has 18 heavy (non-hydrogen) atoms. The quantitative estimate of drug-likeness (QED) is 0.875. The number of carbonyl (C=O) groups excluding carboxylic acids is 1. The Morgan fingerprint density at radius 3 is 3.00 bits per heavy atom. The highest BCUT2D eigenvalue weighted by Crippen LogP contribution is 2.21. The van der Waals surface area contributed by atoms with E-state index in [1.165, 1.54) is 0 Å². The van der Waals surface area contributed by atoms with Gasteiger partial charge in [0.1, 0.15) is 0 Å². The molecule has 0 bridgehead atoms. The lowest BCUT2D eigenvalue weighted by atomic mass is 10.2. The van der Waals surface area contributed by atoms with E-state index in [4.69, 9.17) is 11.6 Å². The summed E-state index contributed by atoms with van der Waals surface area (Å²) in [7, 11) is 0. The molecule has 2 rings (SSSR count). The zero-order valence-electron chi connectivity index (χ0n) is 10.1. The van der Waals surface area contributed by atoms with E-state index in [-0.39, 0.29) is 18.6 Å². The van der Waals surface area contributed by atoms with E-state index in [0.29, 0.717) is 17.3 Å². The van der Waals surface area contributed by atoms with E-state index in [2.05, 4.69) is 5.32 Å². The van der Waals surface area contributed by atoms with Gasteiger partial charge in [0.25, 0.3) is 0 Å². The number of carbonyl (C=O) groups is 1. The van der Waals surface area contributed by atoms with E-state index < -0.39 is 0 Å². The van der Waals surface area contributed by atoms with Crippen LogP contribution in [0.4, 0.5) is 5.69 Å². The fraction of sp³-hybridized carbons (Fsp3) is 0.462. The summed E-state index contributed by atoms with van der Waals surface area (Å²) in [6, 6.07) is 7.27. The molecule has 0 aliphatic carbocycles. The number of halogens is 1. The lowest BCUT2D eigenvalue weighted by Gasteiger charge is -2.21. The first-order valence-electron chi connectivity index (χ1n) is 6.10. The molecule has 1 saturated heterocycles. The van der Waals surface area contributed by atoms with Crippen LogP contribution in [0.2, 0.25) is 5.02 Å². The van der Waals surface area contributed by atoms with Gasteiger partial charge in [-0.1, -0.05) is 23.7 Å². The van der Waals surface area contributed by atoms with Crippen LogP contribution in [0.15, 0.2) is 24.3 Å². The molecule has 5 heteroatoms. The Bertz CT molecular complexity index is 425. The summed E-state index contributed by atoms with van der Waals surface area (Å²) >= 11 is 5.97. The molecular formula is C13H17ClN2O2. The van der Waals surface area contributed by atoms with Crippen molar-refractivity contribution in [3.05, 3.63) is 29.3 Å². The second-order valence-electron chi connectivity index (χ2n) is 4.48. The van der Waals surface area contributed by atoms with E-state index in [0.717, 1.165) is 19.4 Å². The lowest BCUT2D eigenvalue weighted by Crippen LogP contribution is -2.38. The first kappa shape index (κ1) is 13.3. The Kier molecular flexibility index (Phi) is 4.58. The van der Waals surface area contributed by atoms with Gasteiger partial charge in [-0.25, -0.2) is 0 Å². The lowest BCUT2D eigenvalue weighted by molar-refractivity contribution is -0.117. The predicted octanol–water partition coefficient (Wildman–Crippen LogP) is 1.74. The summed E-state index contributed by atoms with van der Waals surface area (Å²) in [4.78, 5) is 13.9. The summed E-state index contributed by atoms with van der Waals surface area (Å²) in [5.74, 6) is -0.0940. The van der Waals surface area contributed by atoms with Crippen molar-refractivity contribution in [2.45, 2.75) is 18.9 Å². The number of rotatable bonds is 4. The van der Waals surface area contributed by atoms with Crippen LogP contribution in [0.5, 0.6) is 0 Å². The Labute approximate surface area is 112 Å². The number of nitrogens with one attached hydrogen (secondary N) is 1. The number of anilines is 1. The molecule has 0 spiro atoms. The van der Waals surface area contributed by atoms with E-state index >= 15 is 0 Å². The van der Waals surface area contributed by atoms with Crippen LogP contribution in [-0.4, -0.2) is 41.7 Å². The van der Waals surface area contributed by atoms with Gasteiger partial charge in [0, 0.05) is 6.04 Å². The first-order valence-corrected chi connectivity index (χ1v) is 6.48. The maximum Gasteiger partial charge on any atom is 0.238 e. The van der Waals surface area contributed by atoms with Crippen LogP contribution >= 0.6 is 11.6 Å². The summed E-state index contributed by atoms with van der Waals surface area (Å²) in [6.07, 6.45) is 1.99. The maximum atomic E-state index is 11.9. The molecule has 1 amide bonds. The van der Waals surface area contributed by atoms with Crippen LogP contribution in [0.25, 0.3) is 0 Å². The third-order valence-corrected chi connectivity index (χ3v) is 3.53. The molecule has 1 unspecified atom stereocenters. The Hall–Kier alpha value is -1.10. The van der Waals surface area contributed by atoms with Crippen molar-refractivity contribution in [1.29, 1.82) is 0 Å². The molecule has 1 aliphatic heterocycles. The van der Waals surface area contributed by atoms with E-state index in [1.807, 2.05) is 17.0 Å². The fourth-order valence-electron chi connectivity index (χ4n) is 2.25. The van der Waals surface area contributed by atoms with Crippen LogP contribution < -0.4 is 5.32 Å². The van der Waals surface area contributed by atoms with Gasteiger partial charge in [-0.05, 0) is 31.5 Å². The van der Waals surface area contributed by atoms with Crippen molar-refractivity contribution in [2.24, 2.45) is 0 Å². The van der Waals surface area contributed by atoms with Gasteiger partial charge in [-0.2, -0.15) is 0 Å². The molecule has 4 nitrogen and oxygen atoms in total. The molecule has 1 aliphatic rings. The largest absolute Gasteiger partial charge is 0.395 e. The summed E-state index contributed by atoms with van der Waals surface area (Å²) < 4.78 is 0. The minimum atomic E-state index is -0.0940. The van der Waals surface area contributed by atoms with Crippen LogP contribution in [0, 0.1) is 0 Å². The molecule has 98 valence electrons. The number of amides is 1. The van der Waals surface area contributed by atoms with Gasteiger partial charge < -0.3 is 10.4 Å². The number of aliphatic hydroxyl groups excluding tert-OH is 1. The highest BCUT2D eigenvalue weighted by atomic mass is 35.5. The van der Waals surface area contributed by atoms with E-state index in [9.17, 15) is 9.90 Å². The average molecular weight is 269 g/mol. The van der Waals surface area contributed by atoms with Gasteiger partial charge >= 0.3 is 0 Å². The molecular weight excluding hydrogens is 252 g/mol. The number of aliphatic hydroxyl groups is 1.